The van der Waals surface area contributed by atoms with Crippen molar-refractivity contribution >= 4 is 6.21 Å². The van der Waals surface area contributed by atoms with E-state index in [-0.39, 0.29) is 0 Å². The maximum atomic E-state index is 4.24. The molecule has 1 nitrogen and oxygen atoms in total. The highest BCUT2D eigenvalue weighted by Gasteiger charge is 1.80. The normalized spacial score (nSPS) is 29.5. The predicted molar refractivity (Wildman–Crippen MR) is 68.3 cm³/mol. The van der Waals surface area contributed by atoms with Crippen molar-refractivity contribution in [2.24, 2.45) is 4.99 Å². The van der Waals surface area contributed by atoms with Crippen LogP contribution in [0.15, 0.2) is 65.2 Å². The molecule has 15 heavy (non-hydrogen) atoms. The summed E-state index contributed by atoms with van der Waals surface area (Å²) in [6.45, 7) is 2.84. The van der Waals surface area contributed by atoms with Crippen LogP contribution in [0, 0.1) is 0 Å². The molecular formula is C14H17N. The van der Waals surface area contributed by atoms with Gasteiger partial charge in [-0.2, -0.15) is 0 Å². The Kier molecular flexibility index (Phi) is 5.91. The molecule has 1 heterocycles. The van der Waals surface area contributed by atoms with Crippen LogP contribution in [-0.4, -0.2) is 12.8 Å². The molecule has 0 aromatic carbocycles. The van der Waals surface area contributed by atoms with Crippen LogP contribution in [0.5, 0.6) is 0 Å². The highest BCUT2D eigenvalue weighted by atomic mass is 14.7. The van der Waals surface area contributed by atoms with Gasteiger partial charge in [0.2, 0.25) is 0 Å². The minimum Gasteiger partial charge on any atom is -0.289 e. The molecule has 0 fully saturated rings. The molecule has 1 rings (SSSR count). The van der Waals surface area contributed by atoms with E-state index in [0.717, 1.165) is 13.0 Å². The van der Waals surface area contributed by atoms with Gasteiger partial charge in [0, 0.05) is 6.21 Å². The summed E-state index contributed by atoms with van der Waals surface area (Å²) in [7, 11) is 0. The third kappa shape index (κ3) is 6.44. The summed E-state index contributed by atoms with van der Waals surface area (Å²) in [5.41, 5.74) is 1.26. The van der Waals surface area contributed by atoms with Crippen molar-refractivity contribution in [3.63, 3.8) is 0 Å². The van der Waals surface area contributed by atoms with Gasteiger partial charge >= 0.3 is 0 Å². The molecule has 0 aromatic heterocycles. The first-order valence-corrected chi connectivity index (χ1v) is 5.21. The van der Waals surface area contributed by atoms with E-state index in [1.165, 1.54) is 5.57 Å². The van der Waals surface area contributed by atoms with Crippen molar-refractivity contribution in [1.82, 2.24) is 0 Å². The number of rotatable bonds is 0. The molecule has 1 aliphatic heterocycles. The minimum atomic E-state index is 0.750. The van der Waals surface area contributed by atoms with Crippen LogP contribution in [0.1, 0.15) is 13.3 Å². The molecular weight excluding hydrogens is 182 g/mol. The van der Waals surface area contributed by atoms with Crippen LogP contribution in [0.2, 0.25) is 0 Å². The number of aliphatic imine (C=N–C) groups is 1. The lowest BCUT2D eigenvalue weighted by Crippen LogP contribution is -1.77. The standard InChI is InChI=1S/C14H17N/c1-14-10-8-6-4-2-3-5-7-9-12-15-13-11-14/h2-5,7-12H,6,13H2,1H3/b4-2+,5-3-,9-7-,10-8-,14-11-,15-12?. The van der Waals surface area contributed by atoms with Gasteiger partial charge in [-0.05, 0) is 19.4 Å². The third-order valence-electron chi connectivity index (χ3n) is 1.94. The van der Waals surface area contributed by atoms with Gasteiger partial charge in [0.05, 0.1) is 6.54 Å². The van der Waals surface area contributed by atoms with E-state index in [1.807, 2.05) is 30.5 Å². The first-order chi connectivity index (χ1) is 7.39. The summed E-state index contributed by atoms with van der Waals surface area (Å²) in [4.78, 5) is 4.24. The molecule has 0 amide bonds. The molecule has 1 heteroatoms. The lowest BCUT2D eigenvalue weighted by atomic mass is 10.2. The highest BCUT2D eigenvalue weighted by Crippen LogP contribution is 1.97. The second-order valence-corrected chi connectivity index (χ2v) is 3.30. The largest absolute Gasteiger partial charge is 0.289 e. The Labute approximate surface area is 91.9 Å². The van der Waals surface area contributed by atoms with Crippen molar-refractivity contribution in [3.8, 4) is 0 Å². The van der Waals surface area contributed by atoms with Crippen molar-refractivity contribution in [2.75, 3.05) is 6.54 Å². The Morgan fingerprint density at radius 3 is 2.73 bits per heavy atom. The lowest BCUT2D eigenvalue weighted by Gasteiger charge is -1.90. The topological polar surface area (TPSA) is 12.4 Å². The summed E-state index contributed by atoms with van der Waals surface area (Å²) in [5.74, 6) is 0. The average Bonchev–Trinajstić information content (AvgIpc) is 2.24. The molecule has 0 aromatic rings. The van der Waals surface area contributed by atoms with Crippen LogP contribution < -0.4 is 0 Å². The Morgan fingerprint density at radius 1 is 1.00 bits per heavy atom. The Morgan fingerprint density at radius 2 is 1.80 bits per heavy atom. The molecule has 0 atom stereocenters. The molecule has 0 saturated carbocycles. The van der Waals surface area contributed by atoms with Gasteiger partial charge in [0.15, 0.2) is 0 Å². The fourth-order valence-corrected chi connectivity index (χ4v) is 1.12. The maximum Gasteiger partial charge on any atom is 0.0575 e. The quantitative estimate of drug-likeness (QED) is 0.565. The lowest BCUT2D eigenvalue weighted by molar-refractivity contribution is 1.23. The fourth-order valence-electron chi connectivity index (χ4n) is 1.12. The SMILES string of the molecule is CC1=C/CN=C\C=C/C=C\C=C\C/C=C\1. The Hall–Kier alpha value is -1.63. The van der Waals surface area contributed by atoms with E-state index in [9.17, 15) is 0 Å². The van der Waals surface area contributed by atoms with Crippen molar-refractivity contribution in [1.29, 1.82) is 0 Å². The zero-order valence-corrected chi connectivity index (χ0v) is 9.13. The third-order valence-corrected chi connectivity index (χ3v) is 1.94. The molecule has 0 radical (unpaired) electrons. The fraction of sp³-hybridized carbons (Fsp3) is 0.214. The monoisotopic (exact) mass is 199 g/mol. The average molecular weight is 199 g/mol. The second-order valence-electron chi connectivity index (χ2n) is 3.30. The number of allylic oxidation sites excluding steroid dienone is 9. The molecule has 0 spiro atoms. The van der Waals surface area contributed by atoms with E-state index in [2.05, 4.69) is 42.3 Å². The molecule has 0 aliphatic carbocycles. The van der Waals surface area contributed by atoms with Crippen molar-refractivity contribution < 1.29 is 0 Å². The van der Waals surface area contributed by atoms with Crippen LogP contribution in [0.4, 0.5) is 0 Å². The highest BCUT2D eigenvalue weighted by molar-refractivity contribution is 5.71. The van der Waals surface area contributed by atoms with Crippen LogP contribution in [0.25, 0.3) is 0 Å². The Balaban J connectivity index is 2.65. The van der Waals surface area contributed by atoms with Gasteiger partial charge in [-0.1, -0.05) is 54.2 Å². The van der Waals surface area contributed by atoms with Crippen molar-refractivity contribution in [3.05, 3.63) is 60.3 Å². The molecule has 0 N–H and O–H groups in total. The van der Waals surface area contributed by atoms with E-state index >= 15 is 0 Å². The van der Waals surface area contributed by atoms with Gasteiger partial charge in [0.1, 0.15) is 0 Å². The summed E-state index contributed by atoms with van der Waals surface area (Å²) >= 11 is 0. The van der Waals surface area contributed by atoms with E-state index in [4.69, 9.17) is 0 Å². The summed E-state index contributed by atoms with van der Waals surface area (Å²) < 4.78 is 0. The summed E-state index contributed by atoms with van der Waals surface area (Å²) in [5, 5.41) is 0. The smallest absolute Gasteiger partial charge is 0.0575 e. The van der Waals surface area contributed by atoms with Crippen LogP contribution in [0.3, 0.4) is 0 Å². The molecule has 0 unspecified atom stereocenters. The van der Waals surface area contributed by atoms with E-state index in [0.29, 0.717) is 0 Å². The van der Waals surface area contributed by atoms with Gasteiger partial charge in [0.25, 0.3) is 0 Å². The van der Waals surface area contributed by atoms with E-state index in [1.54, 1.807) is 0 Å². The summed E-state index contributed by atoms with van der Waals surface area (Å²) in [6.07, 6.45) is 21.3. The molecule has 1 aliphatic rings. The second kappa shape index (κ2) is 7.74. The Bertz CT molecular complexity index is 338. The number of hydrogen-bond acceptors (Lipinski definition) is 1. The molecule has 0 bridgehead atoms. The molecule has 78 valence electrons. The first kappa shape index (κ1) is 11.4. The maximum absolute atomic E-state index is 4.24. The summed E-state index contributed by atoms with van der Waals surface area (Å²) in [6, 6.07) is 0. The first-order valence-electron chi connectivity index (χ1n) is 5.21. The number of nitrogens with zero attached hydrogens (tertiary/aromatic N) is 1. The van der Waals surface area contributed by atoms with E-state index < -0.39 is 0 Å². The van der Waals surface area contributed by atoms with Gasteiger partial charge in [-0.25, -0.2) is 0 Å². The van der Waals surface area contributed by atoms with Gasteiger partial charge in [-0.15, -0.1) is 0 Å². The van der Waals surface area contributed by atoms with Crippen molar-refractivity contribution in [2.45, 2.75) is 13.3 Å². The van der Waals surface area contributed by atoms with Crippen LogP contribution in [-0.2, 0) is 0 Å². The molecule has 0 saturated heterocycles. The number of hydrogen-bond donors (Lipinski definition) is 0. The van der Waals surface area contributed by atoms with Gasteiger partial charge in [-0.3, -0.25) is 4.99 Å². The van der Waals surface area contributed by atoms with Gasteiger partial charge < -0.3 is 0 Å². The predicted octanol–water partition coefficient (Wildman–Crippen LogP) is 3.63. The zero-order chi connectivity index (χ0) is 10.8. The minimum absolute atomic E-state index is 0.750. The van der Waals surface area contributed by atoms with Crippen LogP contribution >= 0.6 is 0 Å². The zero-order valence-electron chi connectivity index (χ0n) is 9.13.